The Balaban J connectivity index is 1.39. The highest BCUT2D eigenvalue weighted by atomic mass is 32.1. The number of aryl methyl sites for hydroxylation is 1. The number of thiazole rings is 1. The molecule has 1 N–H and O–H groups in total. The maximum Gasteiger partial charge on any atom is 0.586 e. The summed E-state index contributed by atoms with van der Waals surface area (Å²) < 4.78 is 37.2. The van der Waals surface area contributed by atoms with Crippen LogP contribution in [0.4, 0.5) is 13.6 Å². The second-order valence-electron chi connectivity index (χ2n) is 7.23. The van der Waals surface area contributed by atoms with Crippen LogP contribution in [0.1, 0.15) is 16.0 Å². The Morgan fingerprint density at radius 1 is 1.17 bits per heavy atom. The number of carbonyl (C=O) groups excluding carboxylic acids is 1. The molecule has 30 heavy (non-hydrogen) atoms. The summed E-state index contributed by atoms with van der Waals surface area (Å²) in [6.07, 6.45) is -0.339. The van der Waals surface area contributed by atoms with Gasteiger partial charge in [0.05, 0.1) is 5.69 Å². The number of alkyl halides is 2. The number of rotatable bonds is 2. The SMILES string of the molecule is Cc1cn(-c2ccc3c(c2)OC(F)(F)O3)/c(=N/C(=O)NC2Cc3ccccc3C2)s1. The highest BCUT2D eigenvalue weighted by molar-refractivity contribution is 7.09. The van der Waals surface area contributed by atoms with Crippen molar-refractivity contribution in [2.45, 2.75) is 32.1 Å². The summed E-state index contributed by atoms with van der Waals surface area (Å²) in [4.78, 5) is 18.1. The quantitative estimate of drug-likeness (QED) is 0.671. The molecule has 0 radical (unpaired) electrons. The first kappa shape index (κ1) is 18.8. The predicted molar refractivity (Wildman–Crippen MR) is 106 cm³/mol. The molecule has 9 heteroatoms. The third kappa shape index (κ3) is 3.56. The predicted octanol–water partition coefficient (Wildman–Crippen LogP) is 3.95. The van der Waals surface area contributed by atoms with Gasteiger partial charge in [0.2, 0.25) is 0 Å². The van der Waals surface area contributed by atoms with Crippen molar-refractivity contribution in [3.63, 3.8) is 0 Å². The Morgan fingerprint density at radius 3 is 2.60 bits per heavy atom. The maximum atomic E-state index is 13.3. The number of hydrogen-bond donors (Lipinski definition) is 1. The van der Waals surface area contributed by atoms with Gasteiger partial charge in [-0.05, 0) is 43.0 Å². The summed E-state index contributed by atoms with van der Waals surface area (Å²) in [5.41, 5.74) is 3.02. The largest absolute Gasteiger partial charge is 0.586 e. The molecule has 0 saturated heterocycles. The summed E-state index contributed by atoms with van der Waals surface area (Å²) >= 11 is 1.33. The first-order valence-electron chi connectivity index (χ1n) is 9.38. The zero-order valence-corrected chi connectivity index (χ0v) is 16.7. The zero-order chi connectivity index (χ0) is 20.9. The lowest BCUT2D eigenvalue weighted by Gasteiger charge is -2.09. The van der Waals surface area contributed by atoms with Crippen LogP contribution in [-0.2, 0) is 12.8 Å². The summed E-state index contributed by atoms with van der Waals surface area (Å²) in [5, 5.41) is 2.96. The van der Waals surface area contributed by atoms with E-state index in [-0.39, 0.29) is 17.5 Å². The first-order chi connectivity index (χ1) is 14.4. The minimum Gasteiger partial charge on any atom is -0.395 e. The normalized spacial score (nSPS) is 17.2. The molecule has 0 fully saturated rings. The zero-order valence-electron chi connectivity index (χ0n) is 15.9. The van der Waals surface area contributed by atoms with Gasteiger partial charge in [-0.2, -0.15) is 4.99 Å². The molecule has 2 aliphatic rings. The van der Waals surface area contributed by atoms with Gasteiger partial charge in [0, 0.05) is 23.2 Å². The Bertz CT molecular complexity index is 1190. The van der Waals surface area contributed by atoms with E-state index in [0.717, 1.165) is 17.7 Å². The maximum absolute atomic E-state index is 13.3. The Hall–Kier alpha value is -3.20. The van der Waals surface area contributed by atoms with Crippen molar-refractivity contribution in [3.8, 4) is 17.2 Å². The van der Waals surface area contributed by atoms with Gasteiger partial charge in [-0.1, -0.05) is 24.3 Å². The Labute approximate surface area is 174 Å². The number of hydrogen-bond acceptors (Lipinski definition) is 4. The molecule has 0 unspecified atom stereocenters. The minimum absolute atomic E-state index is 0.000865. The molecule has 1 aromatic heterocycles. The van der Waals surface area contributed by atoms with Crippen LogP contribution >= 0.6 is 11.3 Å². The molecule has 0 spiro atoms. The van der Waals surface area contributed by atoms with E-state index in [1.807, 2.05) is 19.1 Å². The molecule has 0 saturated carbocycles. The van der Waals surface area contributed by atoms with Crippen LogP contribution in [0.5, 0.6) is 11.5 Å². The lowest BCUT2D eigenvalue weighted by Crippen LogP contribution is -2.34. The van der Waals surface area contributed by atoms with Gasteiger partial charge in [-0.25, -0.2) is 4.79 Å². The average Bonchev–Trinajstić information content (AvgIpc) is 3.33. The van der Waals surface area contributed by atoms with Crippen molar-refractivity contribution >= 4 is 17.4 Å². The van der Waals surface area contributed by atoms with Crippen LogP contribution in [0, 0.1) is 6.92 Å². The van der Waals surface area contributed by atoms with E-state index in [2.05, 4.69) is 31.9 Å². The van der Waals surface area contributed by atoms with Crippen molar-refractivity contribution in [2.75, 3.05) is 0 Å². The number of ether oxygens (including phenoxy) is 2. The standard InChI is InChI=1S/C21H17F2N3O3S/c1-12-11-26(16-6-7-17-18(10-16)29-21(22,23)28-17)20(30-12)25-19(27)24-15-8-13-4-2-3-5-14(13)9-15/h2-7,10-11,15H,8-9H2,1H3,(H,24,27)/b25-20-. The van der Waals surface area contributed by atoms with Gasteiger partial charge >= 0.3 is 12.3 Å². The number of halogens is 2. The third-order valence-corrected chi connectivity index (χ3v) is 5.91. The Kier molecular flexibility index (Phi) is 4.35. The first-order valence-corrected chi connectivity index (χ1v) is 10.2. The average molecular weight is 429 g/mol. The molecule has 1 aliphatic carbocycles. The molecule has 0 atom stereocenters. The lowest BCUT2D eigenvalue weighted by atomic mass is 10.1. The van der Waals surface area contributed by atoms with Crippen molar-refractivity contribution < 1.29 is 23.0 Å². The van der Waals surface area contributed by atoms with Crippen LogP contribution in [0.3, 0.4) is 0 Å². The summed E-state index contributed by atoms with van der Waals surface area (Å²) in [6, 6.07) is 12.1. The number of carbonyl (C=O) groups is 1. The summed E-state index contributed by atoms with van der Waals surface area (Å²) in [7, 11) is 0. The van der Waals surface area contributed by atoms with E-state index in [0.29, 0.717) is 10.5 Å². The molecule has 5 rings (SSSR count). The van der Waals surface area contributed by atoms with Crippen LogP contribution in [0.25, 0.3) is 5.69 Å². The monoisotopic (exact) mass is 429 g/mol. The number of aromatic nitrogens is 1. The summed E-state index contributed by atoms with van der Waals surface area (Å²) in [6.45, 7) is 1.88. The van der Waals surface area contributed by atoms with Crippen molar-refractivity contribution in [1.82, 2.24) is 9.88 Å². The third-order valence-electron chi connectivity index (χ3n) is 5.01. The summed E-state index contributed by atoms with van der Waals surface area (Å²) in [5.74, 6) is -0.0960. The smallest absolute Gasteiger partial charge is 0.395 e. The number of nitrogens with zero attached hydrogens (tertiary/aromatic N) is 2. The van der Waals surface area contributed by atoms with Crippen LogP contribution in [0.15, 0.2) is 53.7 Å². The molecule has 2 aromatic carbocycles. The number of benzene rings is 2. The molecule has 2 amide bonds. The van der Waals surface area contributed by atoms with E-state index in [1.165, 1.54) is 34.6 Å². The van der Waals surface area contributed by atoms with Gasteiger partial charge in [0.1, 0.15) is 0 Å². The fourth-order valence-electron chi connectivity index (χ4n) is 3.76. The minimum atomic E-state index is -3.68. The van der Waals surface area contributed by atoms with Gasteiger partial charge in [-0.15, -0.1) is 20.1 Å². The number of nitrogens with one attached hydrogen (secondary N) is 1. The van der Waals surface area contributed by atoms with Crippen LogP contribution in [0.2, 0.25) is 0 Å². The highest BCUT2D eigenvalue weighted by Crippen LogP contribution is 2.41. The molecule has 1 aliphatic heterocycles. The van der Waals surface area contributed by atoms with Gasteiger partial charge < -0.3 is 14.8 Å². The molecular formula is C21H17F2N3O3S. The van der Waals surface area contributed by atoms with E-state index < -0.39 is 12.3 Å². The van der Waals surface area contributed by atoms with Crippen LogP contribution < -0.4 is 19.6 Å². The van der Waals surface area contributed by atoms with E-state index in [1.54, 1.807) is 16.8 Å². The second-order valence-corrected chi connectivity index (χ2v) is 8.44. The van der Waals surface area contributed by atoms with Crippen LogP contribution in [-0.4, -0.2) is 22.9 Å². The van der Waals surface area contributed by atoms with Gasteiger partial charge in [0.15, 0.2) is 16.3 Å². The molecule has 154 valence electrons. The highest BCUT2D eigenvalue weighted by Gasteiger charge is 2.43. The number of amides is 2. The molecule has 0 bridgehead atoms. The fraction of sp³-hybridized carbons (Fsp3) is 0.238. The van der Waals surface area contributed by atoms with Gasteiger partial charge in [-0.3, -0.25) is 4.57 Å². The molecular weight excluding hydrogens is 412 g/mol. The second kappa shape index (κ2) is 6.94. The molecule has 2 heterocycles. The van der Waals surface area contributed by atoms with E-state index >= 15 is 0 Å². The topological polar surface area (TPSA) is 64.8 Å². The molecule has 3 aromatic rings. The van der Waals surface area contributed by atoms with Crippen molar-refractivity contribution in [3.05, 3.63) is 69.5 Å². The van der Waals surface area contributed by atoms with E-state index in [4.69, 9.17) is 0 Å². The Morgan fingerprint density at radius 2 is 1.87 bits per heavy atom. The lowest BCUT2D eigenvalue weighted by molar-refractivity contribution is -0.286. The van der Waals surface area contributed by atoms with Gasteiger partial charge in [0.25, 0.3) is 0 Å². The van der Waals surface area contributed by atoms with E-state index in [9.17, 15) is 13.6 Å². The van der Waals surface area contributed by atoms with Crippen molar-refractivity contribution in [1.29, 1.82) is 0 Å². The van der Waals surface area contributed by atoms with Crippen molar-refractivity contribution in [2.24, 2.45) is 4.99 Å². The number of fused-ring (bicyclic) bond motifs is 2. The molecule has 6 nitrogen and oxygen atoms in total. The fourth-order valence-corrected chi connectivity index (χ4v) is 4.59. The number of urea groups is 1.